The minimum Gasteiger partial charge on any atom is -0.463 e. The highest BCUT2D eigenvalue weighted by molar-refractivity contribution is 5.83. The molecule has 1 aliphatic rings. The minimum absolute atomic E-state index is 0.236. The molecule has 0 radical (unpaired) electrons. The first-order valence-electron chi connectivity index (χ1n) is 13.7. The molecule has 238 valence electrons. The number of ether oxygens (including phenoxy) is 5. The van der Waals surface area contributed by atoms with E-state index in [-0.39, 0.29) is 24.9 Å². The molecule has 0 N–H and O–H groups in total. The van der Waals surface area contributed by atoms with Crippen molar-refractivity contribution < 1.29 is 59.6 Å². The van der Waals surface area contributed by atoms with Crippen molar-refractivity contribution in [2.24, 2.45) is 0 Å². The number of methoxy groups -OCH3 is 2. The second-order valence-corrected chi connectivity index (χ2v) is 10.0. The van der Waals surface area contributed by atoms with E-state index in [2.05, 4.69) is 0 Å². The van der Waals surface area contributed by atoms with Gasteiger partial charge in [0.05, 0.1) is 18.8 Å². The summed E-state index contributed by atoms with van der Waals surface area (Å²) in [6.07, 6.45) is -7.96. The smallest absolute Gasteiger partial charge is 0.432 e. The molecule has 3 rings (SSSR count). The van der Waals surface area contributed by atoms with Crippen molar-refractivity contribution >= 4 is 11.9 Å². The second-order valence-electron chi connectivity index (χ2n) is 10.0. The molecule has 0 saturated carbocycles. The summed E-state index contributed by atoms with van der Waals surface area (Å²) in [4.78, 5) is 25.2. The predicted molar refractivity (Wildman–Crippen MR) is 141 cm³/mol. The van der Waals surface area contributed by atoms with Crippen molar-refractivity contribution in [2.75, 3.05) is 27.4 Å². The molecule has 0 unspecified atom stereocenters. The molecule has 7 nitrogen and oxygen atoms in total. The fourth-order valence-corrected chi connectivity index (χ4v) is 5.08. The van der Waals surface area contributed by atoms with E-state index >= 15 is 0 Å². The lowest BCUT2D eigenvalue weighted by Crippen LogP contribution is -2.52. The van der Waals surface area contributed by atoms with Gasteiger partial charge in [0.15, 0.2) is 0 Å². The molecule has 0 bridgehead atoms. The van der Waals surface area contributed by atoms with Crippen LogP contribution in [0.2, 0.25) is 0 Å². The number of hydrogen-bond acceptors (Lipinski definition) is 7. The Morgan fingerprint density at radius 2 is 1.16 bits per heavy atom. The third-order valence-electron chi connectivity index (χ3n) is 7.35. The van der Waals surface area contributed by atoms with Crippen molar-refractivity contribution in [1.82, 2.24) is 0 Å². The largest absolute Gasteiger partial charge is 0.463 e. The van der Waals surface area contributed by atoms with Gasteiger partial charge >= 0.3 is 24.3 Å². The third kappa shape index (κ3) is 7.50. The number of alkyl halides is 6. The summed E-state index contributed by atoms with van der Waals surface area (Å²) in [6, 6.07) is 13.0. The number of halogens is 6. The van der Waals surface area contributed by atoms with Crippen molar-refractivity contribution in [3.8, 4) is 0 Å². The monoisotopic (exact) mass is 620 g/mol. The Morgan fingerprint density at radius 1 is 0.698 bits per heavy atom. The number of rotatable bonds is 14. The fourth-order valence-electron chi connectivity index (χ4n) is 5.08. The summed E-state index contributed by atoms with van der Waals surface area (Å²) in [6.45, 7) is -0.639. The summed E-state index contributed by atoms with van der Waals surface area (Å²) < 4.78 is 109. The van der Waals surface area contributed by atoms with E-state index in [9.17, 15) is 35.9 Å². The van der Waals surface area contributed by atoms with E-state index in [4.69, 9.17) is 23.7 Å². The molecular weight excluding hydrogens is 586 g/mol. The number of carbonyl (C=O) groups excluding carboxylic acids is 2. The number of benzene rings is 2. The first-order valence-corrected chi connectivity index (χ1v) is 13.7. The zero-order valence-corrected chi connectivity index (χ0v) is 23.7. The number of hydrogen-bond donors (Lipinski definition) is 0. The minimum atomic E-state index is -5.08. The van der Waals surface area contributed by atoms with Gasteiger partial charge in [-0.1, -0.05) is 67.1 Å². The molecule has 1 fully saturated rings. The molecule has 2 aromatic carbocycles. The third-order valence-corrected chi connectivity index (χ3v) is 7.35. The van der Waals surface area contributed by atoms with Crippen molar-refractivity contribution in [1.29, 1.82) is 0 Å². The lowest BCUT2D eigenvalue weighted by atomic mass is 9.93. The second kappa shape index (κ2) is 14.5. The van der Waals surface area contributed by atoms with Gasteiger partial charge in [-0.3, -0.25) is 0 Å². The van der Waals surface area contributed by atoms with E-state index in [1.54, 1.807) is 0 Å². The molecule has 4 atom stereocenters. The van der Waals surface area contributed by atoms with E-state index in [0.29, 0.717) is 38.5 Å². The number of unbranched alkanes of at least 4 members (excludes halogenated alkanes) is 2. The SMILES string of the molecule is CO[C@](C(=O)OCCCCC[C@H]1CC[C@@H](COC(=O)[C@@](OC)(c2ccccc2)C(F)(F)F)O1)(c1ccccc1)C(F)(F)F. The molecule has 0 aliphatic carbocycles. The van der Waals surface area contributed by atoms with Gasteiger partial charge in [-0.15, -0.1) is 0 Å². The Hall–Kier alpha value is -3.16. The number of esters is 2. The lowest BCUT2D eigenvalue weighted by molar-refractivity contribution is -0.277. The first kappa shape index (κ1) is 34.3. The molecule has 0 amide bonds. The molecule has 13 heteroatoms. The quantitative estimate of drug-likeness (QED) is 0.138. The molecule has 0 aromatic heterocycles. The van der Waals surface area contributed by atoms with Crippen LogP contribution in [0.5, 0.6) is 0 Å². The maximum atomic E-state index is 14.0. The van der Waals surface area contributed by atoms with Crippen LogP contribution in [0.15, 0.2) is 60.7 Å². The van der Waals surface area contributed by atoms with Gasteiger partial charge in [0.25, 0.3) is 11.2 Å². The summed E-state index contributed by atoms with van der Waals surface area (Å²) in [7, 11) is 1.59. The summed E-state index contributed by atoms with van der Waals surface area (Å²) in [5, 5.41) is 0. The van der Waals surface area contributed by atoms with Crippen LogP contribution in [0, 0.1) is 0 Å². The Bertz CT molecular complexity index is 1180. The molecule has 2 aromatic rings. The molecule has 1 heterocycles. The summed E-state index contributed by atoms with van der Waals surface area (Å²) in [5.41, 5.74) is -7.31. The molecular formula is C30H34F6O7. The molecule has 0 spiro atoms. The van der Waals surface area contributed by atoms with Gasteiger partial charge in [-0.25, -0.2) is 9.59 Å². The lowest BCUT2D eigenvalue weighted by Gasteiger charge is -2.32. The molecule has 1 saturated heterocycles. The zero-order chi connectivity index (χ0) is 31.7. The predicted octanol–water partition coefficient (Wildman–Crippen LogP) is 6.39. The standard InChI is InChI=1S/C30H34F6O7/c1-39-27(29(31,32)33,21-12-6-3-7-13-21)25(37)41-19-11-5-10-16-23-17-18-24(43-23)20-42-26(38)28(40-2,30(34,35)36)22-14-8-4-9-15-22/h3-4,6-9,12-15,23-24H,5,10-11,16-20H2,1-2H3/t23-,24-,27-,28-/m0/s1. The van der Waals surface area contributed by atoms with E-state index in [1.807, 2.05) is 0 Å². The van der Waals surface area contributed by atoms with Crippen molar-refractivity contribution in [2.45, 2.75) is 74.3 Å². The average Bonchev–Trinajstić information content (AvgIpc) is 3.42. The van der Waals surface area contributed by atoms with Crippen LogP contribution in [-0.4, -0.2) is 63.9 Å². The topological polar surface area (TPSA) is 80.3 Å². The van der Waals surface area contributed by atoms with Crippen LogP contribution in [-0.2, 0) is 44.5 Å². The van der Waals surface area contributed by atoms with Gasteiger partial charge in [-0.05, 0) is 32.1 Å². The zero-order valence-electron chi connectivity index (χ0n) is 23.7. The summed E-state index contributed by atoms with van der Waals surface area (Å²) in [5.74, 6) is -3.15. The van der Waals surface area contributed by atoms with Crippen LogP contribution < -0.4 is 0 Å². The van der Waals surface area contributed by atoms with E-state index in [0.717, 1.165) is 38.5 Å². The average molecular weight is 621 g/mol. The first-order chi connectivity index (χ1) is 20.3. The highest BCUT2D eigenvalue weighted by atomic mass is 19.4. The van der Waals surface area contributed by atoms with Gasteiger partial charge in [0.1, 0.15) is 6.61 Å². The highest BCUT2D eigenvalue weighted by Gasteiger charge is 2.65. The summed E-state index contributed by atoms with van der Waals surface area (Å²) >= 11 is 0. The van der Waals surface area contributed by atoms with Crippen molar-refractivity contribution in [3.05, 3.63) is 71.8 Å². The Kier molecular flexibility index (Phi) is 11.6. The Labute approximate surface area is 245 Å². The molecule has 1 aliphatic heterocycles. The Morgan fingerprint density at radius 3 is 1.63 bits per heavy atom. The maximum Gasteiger partial charge on any atom is 0.432 e. The molecule has 43 heavy (non-hydrogen) atoms. The van der Waals surface area contributed by atoms with E-state index in [1.165, 1.54) is 36.4 Å². The van der Waals surface area contributed by atoms with Crippen LogP contribution >= 0.6 is 0 Å². The highest BCUT2D eigenvalue weighted by Crippen LogP contribution is 2.44. The van der Waals surface area contributed by atoms with Gasteiger partial charge in [0, 0.05) is 25.3 Å². The number of carbonyl (C=O) groups is 2. The fraction of sp³-hybridized carbons (Fsp3) is 0.533. The van der Waals surface area contributed by atoms with Crippen LogP contribution in [0.3, 0.4) is 0 Å². The maximum absolute atomic E-state index is 14.0. The Balaban J connectivity index is 1.43. The van der Waals surface area contributed by atoms with Gasteiger partial charge in [0.2, 0.25) is 0 Å². The van der Waals surface area contributed by atoms with Gasteiger partial charge in [-0.2, -0.15) is 26.3 Å². The van der Waals surface area contributed by atoms with Crippen LogP contribution in [0.25, 0.3) is 0 Å². The van der Waals surface area contributed by atoms with Gasteiger partial charge < -0.3 is 23.7 Å². The van der Waals surface area contributed by atoms with Crippen LogP contribution in [0.1, 0.15) is 49.7 Å². The van der Waals surface area contributed by atoms with Crippen molar-refractivity contribution in [3.63, 3.8) is 0 Å². The van der Waals surface area contributed by atoms with E-state index < -0.39 is 47.2 Å². The normalized spacial score (nSPS) is 20.2. The van der Waals surface area contributed by atoms with Crippen LogP contribution in [0.4, 0.5) is 26.3 Å².